The monoisotopic (exact) mass is 283 g/mol. The number of thiophene rings is 1. The first-order chi connectivity index (χ1) is 9.15. The Kier molecular flexibility index (Phi) is 5.18. The number of urea groups is 1. The summed E-state index contributed by atoms with van der Waals surface area (Å²) in [4.78, 5) is 15.1. The molecular formula is C13H21N3O2S. The van der Waals surface area contributed by atoms with Gasteiger partial charge in [-0.1, -0.05) is 0 Å². The zero-order valence-corrected chi connectivity index (χ0v) is 12.3. The summed E-state index contributed by atoms with van der Waals surface area (Å²) in [6.07, 6.45) is 0.288. The zero-order valence-electron chi connectivity index (χ0n) is 11.4. The Bertz CT molecular complexity index is 422. The minimum absolute atomic E-state index is 0.136. The minimum Gasteiger partial charge on any atom is -0.376 e. The summed E-state index contributed by atoms with van der Waals surface area (Å²) >= 11 is 1.63. The largest absolute Gasteiger partial charge is 0.376 e. The van der Waals surface area contributed by atoms with Crippen LogP contribution in [0.15, 0.2) is 11.4 Å². The second-order valence-corrected chi connectivity index (χ2v) is 5.87. The number of aryl methyl sites for hydroxylation is 1. The van der Waals surface area contributed by atoms with Gasteiger partial charge in [0.15, 0.2) is 0 Å². The van der Waals surface area contributed by atoms with Crippen molar-refractivity contribution < 1.29 is 9.53 Å². The molecule has 0 spiro atoms. The first-order valence-corrected chi connectivity index (χ1v) is 7.46. The van der Waals surface area contributed by atoms with Gasteiger partial charge in [-0.25, -0.2) is 4.79 Å². The number of anilines is 1. The molecule has 0 saturated carbocycles. The lowest BCUT2D eigenvalue weighted by Crippen LogP contribution is -2.45. The van der Waals surface area contributed by atoms with Crippen LogP contribution in [0, 0.1) is 6.92 Å². The van der Waals surface area contributed by atoms with Crippen molar-refractivity contribution in [2.45, 2.75) is 20.0 Å². The molecule has 1 atom stereocenters. The maximum absolute atomic E-state index is 11.7. The van der Waals surface area contributed by atoms with Crippen molar-refractivity contribution in [3.8, 4) is 0 Å². The van der Waals surface area contributed by atoms with Crippen molar-refractivity contribution >= 4 is 23.1 Å². The van der Waals surface area contributed by atoms with E-state index in [1.165, 1.54) is 0 Å². The lowest BCUT2D eigenvalue weighted by Gasteiger charge is -2.30. The van der Waals surface area contributed by atoms with Crippen LogP contribution in [-0.4, -0.2) is 49.8 Å². The minimum atomic E-state index is -0.136. The number of nitrogens with zero attached hydrogens (tertiary/aromatic N) is 1. The quantitative estimate of drug-likeness (QED) is 0.887. The summed E-state index contributed by atoms with van der Waals surface area (Å²) in [6.45, 7) is 8.25. The highest BCUT2D eigenvalue weighted by molar-refractivity contribution is 7.10. The molecule has 1 aromatic heterocycles. The van der Waals surface area contributed by atoms with Crippen molar-refractivity contribution in [3.05, 3.63) is 16.3 Å². The van der Waals surface area contributed by atoms with Crippen LogP contribution in [0.25, 0.3) is 0 Å². The summed E-state index contributed by atoms with van der Waals surface area (Å²) < 4.78 is 5.48. The van der Waals surface area contributed by atoms with E-state index in [9.17, 15) is 4.79 Å². The average molecular weight is 283 g/mol. The smallest absolute Gasteiger partial charge is 0.319 e. The van der Waals surface area contributed by atoms with Gasteiger partial charge in [0, 0.05) is 31.1 Å². The van der Waals surface area contributed by atoms with E-state index in [2.05, 4.69) is 22.5 Å². The molecule has 0 radical (unpaired) electrons. The molecule has 5 nitrogen and oxygen atoms in total. The second-order valence-electron chi connectivity index (χ2n) is 4.75. The van der Waals surface area contributed by atoms with Gasteiger partial charge in [0.05, 0.1) is 18.4 Å². The molecular weight excluding hydrogens is 262 g/mol. The van der Waals surface area contributed by atoms with Crippen molar-refractivity contribution in [2.24, 2.45) is 0 Å². The Balaban J connectivity index is 1.65. The fourth-order valence-corrected chi connectivity index (χ4v) is 2.76. The topological polar surface area (TPSA) is 53.6 Å². The van der Waals surface area contributed by atoms with E-state index in [4.69, 9.17) is 4.74 Å². The number of nitrogens with one attached hydrogen (secondary N) is 2. The van der Waals surface area contributed by atoms with E-state index >= 15 is 0 Å². The van der Waals surface area contributed by atoms with Crippen molar-refractivity contribution in [3.63, 3.8) is 0 Å². The van der Waals surface area contributed by atoms with Crippen LogP contribution in [0.3, 0.4) is 0 Å². The van der Waals surface area contributed by atoms with Crippen LogP contribution in [0.4, 0.5) is 10.5 Å². The van der Waals surface area contributed by atoms with E-state index in [0.29, 0.717) is 6.54 Å². The van der Waals surface area contributed by atoms with E-state index in [-0.39, 0.29) is 12.1 Å². The molecule has 2 heterocycles. The van der Waals surface area contributed by atoms with E-state index < -0.39 is 0 Å². The number of hydrogen-bond acceptors (Lipinski definition) is 4. The number of hydrogen-bond donors (Lipinski definition) is 2. The summed E-state index contributed by atoms with van der Waals surface area (Å²) in [6, 6.07) is 1.78. The number of carbonyl (C=O) groups excluding carboxylic acids is 1. The molecule has 2 amide bonds. The van der Waals surface area contributed by atoms with E-state index in [0.717, 1.165) is 36.8 Å². The van der Waals surface area contributed by atoms with Gasteiger partial charge in [-0.2, -0.15) is 0 Å². The maximum Gasteiger partial charge on any atom is 0.319 e. The van der Waals surface area contributed by atoms with Gasteiger partial charge in [0.2, 0.25) is 0 Å². The molecule has 1 fully saturated rings. The SMILES string of the molecule is Cc1sccc1NC(=O)NCCN1CCOC(C)C1. The van der Waals surface area contributed by atoms with Crippen LogP contribution in [-0.2, 0) is 4.74 Å². The zero-order chi connectivity index (χ0) is 13.7. The summed E-state index contributed by atoms with van der Waals surface area (Å²) in [5.74, 6) is 0. The number of morpholine rings is 1. The lowest BCUT2D eigenvalue weighted by atomic mass is 10.3. The molecule has 1 saturated heterocycles. The molecule has 19 heavy (non-hydrogen) atoms. The average Bonchev–Trinajstić information content (AvgIpc) is 2.75. The lowest BCUT2D eigenvalue weighted by molar-refractivity contribution is -0.0174. The first-order valence-electron chi connectivity index (χ1n) is 6.58. The van der Waals surface area contributed by atoms with Crippen molar-refractivity contribution in [2.75, 3.05) is 38.1 Å². The molecule has 1 aliphatic rings. The summed E-state index contributed by atoms with van der Waals surface area (Å²) in [7, 11) is 0. The molecule has 6 heteroatoms. The van der Waals surface area contributed by atoms with Gasteiger partial charge < -0.3 is 15.4 Å². The molecule has 1 aromatic rings. The van der Waals surface area contributed by atoms with Crippen LogP contribution >= 0.6 is 11.3 Å². The van der Waals surface area contributed by atoms with Gasteiger partial charge in [0.25, 0.3) is 0 Å². The number of rotatable bonds is 4. The second kappa shape index (κ2) is 6.88. The fourth-order valence-electron chi connectivity index (χ4n) is 2.10. The Morgan fingerprint density at radius 2 is 2.47 bits per heavy atom. The Morgan fingerprint density at radius 3 is 3.16 bits per heavy atom. The molecule has 1 unspecified atom stereocenters. The number of amides is 2. The highest BCUT2D eigenvalue weighted by atomic mass is 32.1. The Hall–Kier alpha value is -1.11. The fraction of sp³-hybridized carbons (Fsp3) is 0.615. The van der Waals surface area contributed by atoms with E-state index in [1.54, 1.807) is 11.3 Å². The van der Waals surface area contributed by atoms with Crippen LogP contribution < -0.4 is 10.6 Å². The van der Waals surface area contributed by atoms with Crippen LogP contribution in [0.2, 0.25) is 0 Å². The molecule has 0 aromatic carbocycles. The molecule has 106 valence electrons. The van der Waals surface area contributed by atoms with Gasteiger partial charge in [-0.15, -0.1) is 11.3 Å². The van der Waals surface area contributed by atoms with Gasteiger partial charge in [0.1, 0.15) is 0 Å². The third-order valence-electron chi connectivity index (χ3n) is 3.15. The van der Waals surface area contributed by atoms with Crippen molar-refractivity contribution in [1.29, 1.82) is 0 Å². The first kappa shape index (κ1) is 14.3. The van der Waals surface area contributed by atoms with Crippen molar-refractivity contribution in [1.82, 2.24) is 10.2 Å². The third-order valence-corrected chi connectivity index (χ3v) is 3.99. The normalized spacial score (nSPS) is 20.2. The maximum atomic E-state index is 11.7. The molecule has 0 bridgehead atoms. The Morgan fingerprint density at radius 1 is 1.63 bits per heavy atom. The highest BCUT2D eigenvalue weighted by Crippen LogP contribution is 2.20. The predicted molar refractivity (Wildman–Crippen MR) is 77.9 cm³/mol. The molecule has 2 rings (SSSR count). The highest BCUT2D eigenvalue weighted by Gasteiger charge is 2.16. The Labute approximate surface area is 117 Å². The van der Waals surface area contributed by atoms with Gasteiger partial charge >= 0.3 is 6.03 Å². The molecule has 2 N–H and O–H groups in total. The standard InChI is InChI=1S/C13H21N3O2S/c1-10-9-16(6-7-18-10)5-4-14-13(17)15-12-3-8-19-11(12)2/h3,8,10H,4-7,9H2,1-2H3,(H2,14,15,17). The number of carbonyl (C=O) groups is 1. The third kappa shape index (κ3) is 4.49. The van der Waals surface area contributed by atoms with Gasteiger partial charge in [-0.3, -0.25) is 4.90 Å². The molecule has 1 aliphatic heterocycles. The van der Waals surface area contributed by atoms with E-state index in [1.807, 2.05) is 18.4 Å². The van der Waals surface area contributed by atoms with Crippen LogP contribution in [0.1, 0.15) is 11.8 Å². The molecule has 0 aliphatic carbocycles. The number of ether oxygens (including phenoxy) is 1. The summed E-state index contributed by atoms with van der Waals surface area (Å²) in [5, 5.41) is 7.71. The van der Waals surface area contributed by atoms with Gasteiger partial charge in [-0.05, 0) is 25.3 Å². The summed E-state index contributed by atoms with van der Waals surface area (Å²) in [5.41, 5.74) is 0.891. The predicted octanol–water partition coefficient (Wildman–Crippen LogP) is 1.90. The van der Waals surface area contributed by atoms with Crippen LogP contribution in [0.5, 0.6) is 0 Å².